The van der Waals surface area contributed by atoms with Crippen molar-refractivity contribution >= 4 is 23.0 Å². The fraction of sp³-hybridized carbons (Fsp3) is 0.353. The third-order valence-electron chi connectivity index (χ3n) is 3.08. The predicted octanol–water partition coefficient (Wildman–Crippen LogP) is 2.76. The average Bonchev–Trinajstić information content (AvgIpc) is 2.44. The van der Waals surface area contributed by atoms with Crippen LogP contribution in [-0.2, 0) is 16.0 Å². The van der Waals surface area contributed by atoms with Crippen LogP contribution < -0.4 is 5.32 Å². The zero-order valence-electron chi connectivity index (χ0n) is 13.4. The van der Waals surface area contributed by atoms with Crippen molar-refractivity contribution in [3.05, 3.63) is 42.1 Å². The van der Waals surface area contributed by atoms with Crippen LogP contribution in [0.2, 0.25) is 0 Å². The van der Waals surface area contributed by atoms with Crippen LogP contribution in [0.15, 0.2) is 36.5 Å². The van der Waals surface area contributed by atoms with Crippen molar-refractivity contribution < 1.29 is 19.4 Å². The van der Waals surface area contributed by atoms with Crippen molar-refractivity contribution in [1.82, 2.24) is 10.3 Å². The molecule has 0 aliphatic rings. The van der Waals surface area contributed by atoms with Crippen molar-refractivity contribution in [2.45, 2.75) is 38.8 Å². The number of hydrogen-bond acceptors (Lipinski definition) is 4. The maximum Gasteiger partial charge on any atom is 0.408 e. The SMILES string of the molecule is CC(C)(C)OC(=O)N[C@H](Cc1cnc2ccccc2c1)C(=O)O. The van der Waals surface area contributed by atoms with Crippen LogP contribution in [0.3, 0.4) is 0 Å². The monoisotopic (exact) mass is 316 g/mol. The molecule has 0 spiro atoms. The second-order valence-corrected chi connectivity index (χ2v) is 6.28. The van der Waals surface area contributed by atoms with Crippen molar-refractivity contribution in [2.75, 3.05) is 0 Å². The van der Waals surface area contributed by atoms with E-state index >= 15 is 0 Å². The van der Waals surface area contributed by atoms with Crippen LogP contribution in [0.5, 0.6) is 0 Å². The van der Waals surface area contributed by atoms with Crippen LogP contribution in [0.4, 0.5) is 4.79 Å². The number of nitrogens with zero attached hydrogens (tertiary/aromatic N) is 1. The second kappa shape index (κ2) is 6.64. The highest BCUT2D eigenvalue weighted by atomic mass is 16.6. The molecule has 6 nitrogen and oxygen atoms in total. The Hall–Kier alpha value is -2.63. The van der Waals surface area contributed by atoms with Gasteiger partial charge in [-0.1, -0.05) is 18.2 Å². The minimum atomic E-state index is -1.12. The number of benzene rings is 1. The van der Waals surface area contributed by atoms with E-state index in [-0.39, 0.29) is 6.42 Å². The molecule has 2 aromatic rings. The number of amides is 1. The van der Waals surface area contributed by atoms with E-state index in [9.17, 15) is 14.7 Å². The molecule has 2 rings (SSSR count). The maximum atomic E-state index is 11.8. The van der Waals surface area contributed by atoms with Gasteiger partial charge in [0.1, 0.15) is 11.6 Å². The molecule has 0 saturated carbocycles. The number of rotatable bonds is 4. The molecule has 0 bridgehead atoms. The van der Waals surface area contributed by atoms with E-state index in [1.807, 2.05) is 30.3 Å². The number of carboxylic acids is 1. The number of para-hydroxylation sites is 1. The van der Waals surface area contributed by atoms with Gasteiger partial charge in [0.25, 0.3) is 0 Å². The summed E-state index contributed by atoms with van der Waals surface area (Å²) in [5.41, 5.74) is 0.882. The standard InChI is InChI=1S/C17H20N2O4/c1-17(2,3)23-16(22)19-14(15(20)21)9-11-8-12-6-4-5-7-13(12)18-10-11/h4-8,10,14H,9H2,1-3H3,(H,19,22)(H,20,21)/t14-/m1/s1. The molecular weight excluding hydrogens is 296 g/mol. The van der Waals surface area contributed by atoms with Gasteiger partial charge >= 0.3 is 12.1 Å². The summed E-state index contributed by atoms with van der Waals surface area (Å²) < 4.78 is 5.10. The highest BCUT2D eigenvalue weighted by Crippen LogP contribution is 2.14. The van der Waals surface area contributed by atoms with Gasteiger partial charge in [0.15, 0.2) is 0 Å². The first-order valence-electron chi connectivity index (χ1n) is 7.30. The molecule has 23 heavy (non-hydrogen) atoms. The van der Waals surface area contributed by atoms with Crippen LogP contribution in [0.1, 0.15) is 26.3 Å². The summed E-state index contributed by atoms with van der Waals surface area (Å²) in [5, 5.41) is 12.6. The molecule has 0 radical (unpaired) electrons. The van der Waals surface area contributed by atoms with Crippen LogP contribution >= 0.6 is 0 Å². The number of alkyl carbamates (subject to hydrolysis) is 1. The molecule has 1 aromatic carbocycles. The molecule has 0 aliphatic heterocycles. The minimum Gasteiger partial charge on any atom is -0.480 e. The lowest BCUT2D eigenvalue weighted by Gasteiger charge is -2.22. The van der Waals surface area contributed by atoms with Crippen LogP contribution in [0, 0.1) is 0 Å². The maximum absolute atomic E-state index is 11.8. The van der Waals surface area contributed by atoms with Gasteiger partial charge in [-0.2, -0.15) is 0 Å². The Balaban J connectivity index is 2.11. The Morgan fingerprint density at radius 2 is 2.00 bits per heavy atom. The Kier molecular flexibility index (Phi) is 4.83. The van der Waals surface area contributed by atoms with Gasteiger partial charge < -0.3 is 15.2 Å². The Morgan fingerprint density at radius 1 is 1.30 bits per heavy atom. The summed E-state index contributed by atoms with van der Waals surface area (Å²) in [6.07, 6.45) is 1.00. The van der Waals surface area contributed by atoms with Crippen molar-refractivity contribution in [3.8, 4) is 0 Å². The van der Waals surface area contributed by atoms with Crippen LogP contribution in [0.25, 0.3) is 10.9 Å². The first-order valence-corrected chi connectivity index (χ1v) is 7.30. The largest absolute Gasteiger partial charge is 0.480 e. The molecule has 0 aliphatic carbocycles. The molecule has 0 fully saturated rings. The quantitative estimate of drug-likeness (QED) is 0.905. The summed E-state index contributed by atoms with van der Waals surface area (Å²) in [6, 6.07) is 8.36. The van der Waals surface area contributed by atoms with E-state index in [0.29, 0.717) is 0 Å². The molecular formula is C17H20N2O4. The molecule has 122 valence electrons. The van der Waals surface area contributed by atoms with Gasteiger partial charge in [-0.05, 0) is 38.5 Å². The zero-order chi connectivity index (χ0) is 17.0. The number of aliphatic carboxylic acids is 1. The number of carbonyl (C=O) groups excluding carboxylic acids is 1. The summed E-state index contributed by atoms with van der Waals surface area (Å²) in [5.74, 6) is -1.12. The third kappa shape index (κ3) is 4.95. The molecule has 0 saturated heterocycles. The Bertz CT molecular complexity index is 722. The molecule has 1 atom stereocenters. The van der Waals surface area contributed by atoms with E-state index in [1.165, 1.54) is 0 Å². The van der Waals surface area contributed by atoms with Gasteiger partial charge in [0.2, 0.25) is 0 Å². The molecule has 6 heteroatoms. The number of ether oxygens (including phenoxy) is 1. The highest BCUT2D eigenvalue weighted by Gasteiger charge is 2.24. The molecule has 1 aromatic heterocycles. The number of carboxylic acid groups (broad SMARTS) is 1. The average molecular weight is 316 g/mol. The number of hydrogen-bond donors (Lipinski definition) is 2. The molecule has 2 N–H and O–H groups in total. The molecule has 0 unspecified atom stereocenters. The van der Waals surface area contributed by atoms with E-state index in [2.05, 4.69) is 10.3 Å². The Labute approximate surface area is 134 Å². The number of aromatic nitrogens is 1. The first kappa shape index (κ1) is 16.7. The summed E-state index contributed by atoms with van der Waals surface area (Å²) in [4.78, 5) is 27.4. The summed E-state index contributed by atoms with van der Waals surface area (Å²) in [7, 11) is 0. The highest BCUT2D eigenvalue weighted by molar-refractivity contribution is 5.81. The second-order valence-electron chi connectivity index (χ2n) is 6.28. The van der Waals surface area contributed by atoms with Crippen molar-refractivity contribution in [2.24, 2.45) is 0 Å². The fourth-order valence-electron chi connectivity index (χ4n) is 2.11. The first-order chi connectivity index (χ1) is 10.7. The molecule has 1 heterocycles. The third-order valence-corrected chi connectivity index (χ3v) is 3.08. The smallest absolute Gasteiger partial charge is 0.408 e. The number of pyridine rings is 1. The molecule has 1 amide bonds. The number of fused-ring (bicyclic) bond motifs is 1. The van der Waals surface area contributed by atoms with Crippen LogP contribution in [-0.4, -0.2) is 33.8 Å². The van der Waals surface area contributed by atoms with E-state index in [1.54, 1.807) is 27.0 Å². The zero-order valence-corrected chi connectivity index (χ0v) is 13.4. The number of carbonyl (C=O) groups is 2. The summed E-state index contributed by atoms with van der Waals surface area (Å²) in [6.45, 7) is 5.15. The lowest BCUT2D eigenvalue weighted by Crippen LogP contribution is -2.44. The van der Waals surface area contributed by atoms with E-state index < -0.39 is 23.7 Å². The van der Waals surface area contributed by atoms with Gasteiger partial charge in [-0.25, -0.2) is 9.59 Å². The van der Waals surface area contributed by atoms with Crippen molar-refractivity contribution in [1.29, 1.82) is 0 Å². The minimum absolute atomic E-state index is 0.131. The lowest BCUT2D eigenvalue weighted by atomic mass is 10.1. The van der Waals surface area contributed by atoms with E-state index in [0.717, 1.165) is 16.5 Å². The van der Waals surface area contributed by atoms with Crippen molar-refractivity contribution in [3.63, 3.8) is 0 Å². The van der Waals surface area contributed by atoms with Gasteiger partial charge in [0.05, 0.1) is 5.52 Å². The van der Waals surface area contributed by atoms with Gasteiger partial charge in [0, 0.05) is 18.0 Å². The fourth-order valence-corrected chi connectivity index (χ4v) is 2.11. The van der Waals surface area contributed by atoms with E-state index in [4.69, 9.17) is 4.74 Å². The van der Waals surface area contributed by atoms with Gasteiger partial charge in [-0.15, -0.1) is 0 Å². The van der Waals surface area contributed by atoms with Gasteiger partial charge in [-0.3, -0.25) is 4.98 Å². The topological polar surface area (TPSA) is 88.5 Å². The lowest BCUT2D eigenvalue weighted by molar-refractivity contribution is -0.139. The predicted molar refractivity (Wildman–Crippen MR) is 86.2 cm³/mol. The Morgan fingerprint density at radius 3 is 2.65 bits per heavy atom. The normalized spacial score (nSPS) is 12.7. The number of nitrogens with one attached hydrogen (secondary N) is 1. The summed E-state index contributed by atoms with van der Waals surface area (Å²) >= 11 is 0.